The molecule has 0 spiro atoms. The summed E-state index contributed by atoms with van der Waals surface area (Å²) < 4.78 is 26.5. The lowest BCUT2D eigenvalue weighted by Gasteiger charge is -2.04. The van der Waals surface area contributed by atoms with Gasteiger partial charge in [0.1, 0.15) is 16.5 Å². The molecule has 3 N–H and O–H groups in total. The van der Waals surface area contributed by atoms with Crippen LogP contribution in [0.5, 0.6) is 0 Å². The van der Waals surface area contributed by atoms with Crippen LogP contribution in [0.2, 0.25) is 0 Å². The summed E-state index contributed by atoms with van der Waals surface area (Å²) in [5.74, 6) is -1.14. The summed E-state index contributed by atoms with van der Waals surface area (Å²) in [7, 11) is 0. The van der Waals surface area contributed by atoms with Crippen molar-refractivity contribution in [2.75, 3.05) is 5.32 Å². The molecule has 30 heavy (non-hydrogen) atoms. The van der Waals surface area contributed by atoms with Gasteiger partial charge in [0, 0.05) is 6.54 Å². The number of H-pyrrole nitrogens is 1. The standard InChI is InChI=1S/C21H16F2N4O2S/c22-14-5-1-3-12(7-14)9-18(28)25-19-16-10-17(30-21(16)27-26-19)20(29)24-11-13-4-2-6-15(23)8-13/h1-8,10H,9,11H2,(H,24,29)(H2,25,26,27,28). The number of hydrogen-bond acceptors (Lipinski definition) is 4. The first-order valence-electron chi connectivity index (χ1n) is 9.03. The molecule has 0 radical (unpaired) electrons. The number of carbonyl (C=O) groups excluding carboxylic acids is 2. The van der Waals surface area contributed by atoms with E-state index in [0.717, 1.165) is 0 Å². The largest absolute Gasteiger partial charge is 0.347 e. The fraction of sp³-hybridized carbons (Fsp3) is 0.0952. The Balaban J connectivity index is 1.42. The highest BCUT2D eigenvalue weighted by Gasteiger charge is 2.16. The minimum absolute atomic E-state index is 0.00275. The predicted octanol–water partition coefficient (Wildman–Crippen LogP) is 4.01. The third-order valence-electron chi connectivity index (χ3n) is 4.33. The number of benzene rings is 2. The van der Waals surface area contributed by atoms with Crippen LogP contribution in [-0.2, 0) is 17.8 Å². The Morgan fingerprint density at radius 3 is 2.43 bits per heavy atom. The van der Waals surface area contributed by atoms with Gasteiger partial charge in [0.15, 0.2) is 5.82 Å². The summed E-state index contributed by atoms with van der Waals surface area (Å²) in [5, 5.41) is 12.9. The van der Waals surface area contributed by atoms with Crippen LogP contribution >= 0.6 is 11.3 Å². The Morgan fingerprint density at radius 2 is 1.70 bits per heavy atom. The van der Waals surface area contributed by atoms with Crippen LogP contribution < -0.4 is 10.6 Å². The topological polar surface area (TPSA) is 86.9 Å². The van der Waals surface area contributed by atoms with Crippen molar-refractivity contribution >= 4 is 39.2 Å². The molecule has 4 rings (SSSR count). The third-order valence-corrected chi connectivity index (χ3v) is 5.37. The van der Waals surface area contributed by atoms with Gasteiger partial charge in [0.25, 0.3) is 5.91 Å². The Labute approximate surface area is 173 Å². The number of amides is 2. The lowest BCUT2D eigenvalue weighted by molar-refractivity contribution is -0.115. The molecule has 0 unspecified atom stereocenters. The lowest BCUT2D eigenvalue weighted by atomic mass is 10.1. The molecular weight excluding hydrogens is 410 g/mol. The summed E-state index contributed by atoms with van der Waals surface area (Å²) >= 11 is 1.19. The molecule has 0 bridgehead atoms. The number of fused-ring (bicyclic) bond motifs is 1. The first-order chi connectivity index (χ1) is 14.5. The molecule has 4 aromatic rings. The number of thiophene rings is 1. The van der Waals surface area contributed by atoms with Gasteiger partial charge in [-0.05, 0) is 41.5 Å². The maximum atomic E-state index is 13.3. The van der Waals surface area contributed by atoms with Crippen molar-refractivity contribution in [3.63, 3.8) is 0 Å². The van der Waals surface area contributed by atoms with E-state index in [0.29, 0.717) is 32.0 Å². The van der Waals surface area contributed by atoms with Gasteiger partial charge in [-0.1, -0.05) is 24.3 Å². The van der Waals surface area contributed by atoms with Crippen molar-refractivity contribution in [2.24, 2.45) is 0 Å². The summed E-state index contributed by atoms with van der Waals surface area (Å²) in [6.07, 6.45) is -0.00275. The highest BCUT2D eigenvalue weighted by atomic mass is 32.1. The molecule has 0 saturated heterocycles. The second kappa shape index (κ2) is 8.42. The van der Waals surface area contributed by atoms with Crippen LogP contribution in [0.25, 0.3) is 10.2 Å². The minimum atomic E-state index is -0.408. The van der Waals surface area contributed by atoms with Gasteiger partial charge >= 0.3 is 0 Å². The summed E-state index contributed by atoms with van der Waals surface area (Å²) in [6.45, 7) is 0.192. The van der Waals surface area contributed by atoms with E-state index in [1.807, 2.05) is 0 Å². The molecule has 152 valence electrons. The van der Waals surface area contributed by atoms with Crippen LogP contribution in [-0.4, -0.2) is 22.0 Å². The molecule has 0 aliphatic rings. The van der Waals surface area contributed by atoms with Crippen LogP contribution in [0.4, 0.5) is 14.6 Å². The Morgan fingerprint density at radius 1 is 1.00 bits per heavy atom. The molecule has 6 nitrogen and oxygen atoms in total. The zero-order chi connectivity index (χ0) is 21.1. The van der Waals surface area contributed by atoms with Gasteiger partial charge in [0.05, 0.1) is 16.7 Å². The fourth-order valence-electron chi connectivity index (χ4n) is 2.95. The van der Waals surface area contributed by atoms with E-state index in [9.17, 15) is 18.4 Å². The van der Waals surface area contributed by atoms with E-state index < -0.39 is 5.82 Å². The van der Waals surface area contributed by atoms with Gasteiger partial charge in [-0.3, -0.25) is 14.7 Å². The molecule has 2 aromatic carbocycles. The molecule has 0 atom stereocenters. The Kier molecular flexibility index (Phi) is 5.53. The fourth-order valence-corrected chi connectivity index (χ4v) is 3.87. The van der Waals surface area contributed by atoms with E-state index in [4.69, 9.17) is 0 Å². The van der Waals surface area contributed by atoms with Crippen LogP contribution in [0.15, 0.2) is 54.6 Å². The van der Waals surface area contributed by atoms with Gasteiger partial charge in [-0.15, -0.1) is 11.3 Å². The molecule has 2 amide bonds. The van der Waals surface area contributed by atoms with Crippen molar-refractivity contribution in [1.29, 1.82) is 0 Å². The maximum absolute atomic E-state index is 13.3. The van der Waals surface area contributed by atoms with Crippen molar-refractivity contribution in [3.8, 4) is 0 Å². The van der Waals surface area contributed by atoms with Crippen molar-refractivity contribution in [2.45, 2.75) is 13.0 Å². The summed E-state index contributed by atoms with van der Waals surface area (Å²) in [6, 6.07) is 13.4. The molecule has 0 saturated carbocycles. The zero-order valence-corrected chi connectivity index (χ0v) is 16.4. The zero-order valence-electron chi connectivity index (χ0n) is 15.5. The second-order valence-electron chi connectivity index (χ2n) is 6.59. The normalized spacial score (nSPS) is 10.9. The van der Waals surface area contributed by atoms with Crippen molar-refractivity contribution in [3.05, 3.63) is 82.2 Å². The minimum Gasteiger partial charge on any atom is -0.347 e. The third kappa shape index (κ3) is 4.52. The van der Waals surface area contributed by atoms with Gasteiger partial charge in [-0.2, -0.15) is 5.10 Å². The van der Waals surface area contributed by atoms with E-state index in [1.165, 1.54) is 41.7 Å². The quantitative estimate of drug-likeness (QED) is 0.435. The summed E-state index contributed by atoms with van der Waals surface area (Å²) in [4.78, 5) is 25.8. The smallest absolute Gasteiger partial charge is 0.261 e. The molecule has 9 heteroatoms. The van der Waals surface area contributed by atoms with Crippen LogP contribution in [0, 0.1) is 11.6 Å². The highest BCUT2D eigenvalue weighted by molar-refractivity contribution is 7.20. The number of nitrogens with zero attached hydrogens (tertiary/aromatic N) is 1. The highest BCUT2D eigenvalue weighted by Crippen LogP contribution is 2.29. The number of aromatic nitrogens is 2. The van der Waals surface area contributed by atoms with Crippen molar-refractivity contribution < 1.29 is 18.4 Å². The van der Waals surface area contributed by atoms with Gasteiger partial charge < -0.3 is 10.6 Å². The van der Waals surface area contributed by atoms with E-state index in [-0.39, 0.29) is 30.6 Å². The number of aromatic amines is 1. The molecule has 2 heterocycles. The number of anilines is 1. The molecular formula is C21H16F2N4O2S. The second-order valence-corrected chi connectivity index (χ2v) is 7.65. The molecule has 0 fully saturated rings. The van der Waals surface area contributed by atoms with Gasteiger partial charge in [0.2, 0.25) is 5.91 Å². The van der Waals surface area contributed by atoms with Crippen LogP contribution in [0.3, 0.4) is 0 Å². The predicted molar refractivity (Wildman–Crippen MR) is 110 cm³/mol. The van der Waals surface area contributed by atoms with E-state index in [2.05, 4.69) is 20.8 Å². The average molecular weight is 426 g/mol. The van der Waals surface area contributed by atoms with Crippen LogP contribution in [0.1, 0.15) is 20.8 Å². The lowest BCUT2D eigenvalue weighted by Crippen LogP contribution is -2.21. The number of rotatable bonds is 6. The van der Waals surface area contributed by atoms with E-state index >= 15 is 0 Å². The summed E-state index contributed by atoms with van der Waals surface area (Å²) in [5.41, 5.74) is 1.19. The number of halogens is 2. The number of hydrogen-bond donors (Lipinski definition) is 3. The van der Waals surface area contributed by atoms with Crippen molar-refractivity contribution in [1.82, 2.24) is 15.5 Å². The first kappa shape index (κ1) is 19.7. The van der Waals surface area contributed by atoms with E-state index in [1.54, 1.807) is 24.3 Å². The molecule has 0 aliphatic carbocycles. The monoisotopic (exact) mass is 426 g/mol. The maximum Gasteiger partial charge on any atom is 0.261 e. The first-order valence-corrected chi connectivity index (χ1v) is 9.84. The number of nitrogens with one attached hydrogen (secondary N) is 3. The Hall–Kier alpha value is -3.59. The number of carbonyl (C=O) groups is 2. The Bertz CT molecular complexity index is 1230. The molecule has 0 aliphatic heterocycles. The molecule has 2 aromatic heterocycles. The SMILES string of the molecule is O=C(Cc1cccc(F)c1)Nc1n[nH]c2sc(C(=O)NCc3cccc(F)c3)cc12. The average Bonchev–Trinajstić information content (AvgIpc) is 3.28. The van der Waals surface area contributed by atoms with Gasteiger partial charge in [-0.25, -0.2) is 8.78 Å².